The van der Waals surface area contributed by atoms with Gasteiger partial charge in [-0.25, -0.2) is 0 Å². The van der Waals surface area contributed by atoms with Crippen molar-refractivity contribution in [3.05, 3.63) is 52.5 Å². The van der Waals surface area contributed by atoms with Crippen molar-refractivity contribution in [2.24, 2.45) is 0 Å². The highest BCUT2D eigenvalue weighted by Crippen LogP contribution is 2.30. The van der Waals surface area contributed by atoms with Gasteiger partial charge in [0.25, 0.3) is 5.91 Å². The molecule has 0 spiro atoms. The summed E-state index contributed by atoms with van der Waals surface area (Å²) in [7, 11) is 0. The van der Waals surface area contributed by atoms with Gasteiger partial charge in [-0.1, -0.05) is 53.2 Å². The summed E-state index contributed by atoms with van der Waals surface area (Å²) in [5, 5.41) is 5.10. The smallest absolute Gasteiger partial charge is 0.250 e. The second-order valence-corrected chi connectivity index (χ2v) is 5.24. The fourth-order valence-corrected chi connectivity index (χ4v) is 2.47. The number of nitrogens with one attached hydrogen (secondary N) is 1. The van der Waals surface area contributed by atoms with Crippen LogP contribution in [0.3, 0.4) is 0 Å². The molecule has 0 fully saturated rings. The van der Waals surface area contributed by atoms with E-state index in [1.807, 2.05) is 56.3 Å². The number of allylic oxidation sites excluding steroid dienone is 1. The maximum absolute atomic E-state index is 12.0. The van der Waals surface area contributed by atoms with E-state index in [-0.39, 0.29) is 5.91 Å². The molecule has 1 N–H and O–H groups in total. The molecule has 0 aromatic heterocycles. The summed E-state index contributed by atoms with van der Waals surface area (Å²) in [6.07, 6.45) is 2.79. The lowest BCUT2D eigenvalue weighted by molar-refractivity contribution is -0.112. The Morgan fingerprint density at radius 3 is 2.58 bits per heavy atom. The molecule has 2 rings (SSSR count). The van der Waals surface area contributed by atoms with Gasteiger partial charge >= 0.3 is 0 Å². The zero-order valence-electron chi connectivity index (χ0n) is 11.0. The number of amides is 1. The molecule has 2 aromatic rings. The van der Waals surface area contributed by atoms with E-state index in [2.05, 4.69) is 21.2 Å². The number of carbonyl (C=O) groups is 1. The van der Waals surface area contributed by atoms with Gasteiger partial charge in [-0.05, 0) is 30.9 Å². The highest BCUT2D eigenvalue weighted by Gasteiger charge is 2.08. The molecule has 0 atom stereocenters. The monoisotopic (exact) mass is 317 g/mol. The standard InChI is InChI=1S/C16H16BrNO/c1-3-6-11(2)16(19)18-15-10-9-14(17)12-7-4-5-8-13(12)15/h4-10H,3H2,1-2H3,(H,18,19)/b11-6-. The van der Waals surface area contributed by atoms with Crippen LogP contribution in [0.2, 0.25) is 0 Å². The first-order valence-electron chi connectivity index (χ1n) is 6.29. The van der Waals surface area contributed by atoms with Crippen molar-refractivity contribution in [1.82, 2.24) is 0 Å². The Labute approximate surface area is 121 Å². The van der Waals surface area contributed by atoms with E-state index in [1.54, 1.807) is 0 Å². The van der Waals surface area contributed by atoms with Crippen LogP contribution in [0, 0.1) is 0 Å². The van der Waals surface area contributed by atoms with Crippen LogP contribution >= 0.6 is 15.9 Å². The summed E-state index contributed by atoms with van der Waals surface area (Å²) in [6, 6.07) is 11.9. The molecule has 0 radical (unpaired) electrons. The van der Waals surface area contributed by atoms with Crippen molar-refractivity contribution in [3.63, 3.8) is 0 Å². The Morgan fingerprint density at radius 1 is 1.21 bits per heavy atom. The molecule has 2 nitrogen and oxygen atoms in total. The van der Waals surface area contributed by atoms with Crippen molar-refractivity contribution in [2.45, 2.75) is 20.3 Å². The first-order valence-corrected chi connectivity index (χ1v) is 7.08. The maximum Gasteiger partial charge on any atom is 0.250 e. The molecule has 2 aromatic carbocycles. The van der Waals surface area contributed by atoms with Crippen LogP contribution in [0.15, 0.2) is 52.5 Å². The fraction of sp³-hybridized carbons (Fsp3) is 0.188. The van der Waals surface area contributed by atoms with E-state index < -0.39 is 0 Å². The number of fused-ring (bicyclic) bond motifs is 1. The number of anilines is 1. The average Bonchev–Trinajstić information content (AvgIpc) is 2.42. The summed E-state index contributed by atoms with van der Waals surface area (Å²) < 4.78 is 1.03. The largest absolute Gasteiger partial charge is 0.322 e. The van der Waals surface area contributed by atoms with E-state index in [1.165, 1.54) is 0 Å². The average molecular weight is 318 g/mol. The Hall–Kier alpha value is -1.61. The van der Waals surface area contributed by atoms with Crippen LogP contribution in [-0.4, -0.2) is 5.91 Å². The van der Waals surface area contributed by atoms with Crippen molar-refractivity contribution in [1.29, 1.82) is 0 Å². The summed E-state index contributed by atoms with van der Waals surface area (Å²) in [4.78, 5) is 12.0. The third kappa shape index (κ3) is 3.04. The summed E-state index contributed by atoms with van der Waals surface area (Å²) in [5.74, 6) is -0.0469. The second-order valence-electron chi connectivity index (χ2n) is 4.39. The van der Waals surface area contributed by atoms with Crippen molar-refractivity contribution < 1.29 is 4.79 Å². The van der Waals surface area contributed by atoms with Crippen LogP contribution in [0.5, 0.6) is 0 Å². The van der Waals surface area contributed by atoms with Crippen LogP contribution in [-0.2, 0) is 4.79 Å². The minimum atomic E-state index is -0.0469. The first-order chi connectivity index (χ1) is 9.13. The maximum atomic E-state index is 12.0. The van der Waals surface area contributed by atoms with Gasteiger partial charge in [-0.2, -0.15) is 0 Å². The number of hydrogen-bond donors (Lipinski definition) is 1. The van der Waals surface area contributed by atoms with E-state index in [0.717, 1.165) is 32.9 Å². The zero-order valence-corrected chi connectivity index (χ0v) is 12.6. The van der Waals surface area contributed by atoms with Gasteiger partial charge in [-0.3, -0.25) is 4.79 Å². The van der Waals surface area contributed by atoms with Gasteiger partial charge < -0.3 is 5.32 Å². The first kappa shape index (κ1) is 13.8. The Balaban J connectivity index is 2.39. The molecule has 19 heavy (non-hydrogen) atoms. The minimum absolute atomic E-state index is 0.0469. The third-order valence-corrected chi connectivity index (χ3v) is 3.68. The molecule has 0 aliphatic rings. The predicted octanol–water partition coefficient (Wildman–Crippen LogP) is 4.90. The van der Waals surface area contributed by atoms with E-state index >= 15 is 0 Å². The molecule has 0 saturated heterocycles. The van der Waals surface area contributed by atoms with Gasteiger partial charge in [0.15, 0.2) is 0 Å². The lowest BCUT2D eigenvalue weighted by Gasteiger charge is -2.10. The van der Waals surface area contributed by atoms with E-state index in [4.69, 9.17) is 0 Å². The highest BCUT2D eigenvalue weighted by atomic mass is 79.9. The lowest BCUT2D eigenvalue weighted by Crippen LogP contribution is -2.12. The Bertz CT molecular complexity index is 646. The van der Waals surface area contributed by atoms with Gasteiger partial charge in [-0.15, -0.1) is 0 Å². The molecular weight excluding hydrogens is 302 g/mol. The predicted molar refractivity (Wildman–Crippen MR) is 84.3 cm³/mol. The van der Waals surface area contributed by atoms with E-state index in [9.17, 15) is 4.79 Å². The Morgan fingerprint density at radius 2 is 1.89 bits per heavy atom. The summed E-state index contributed by atoms with van der Waals surface area (Å²) in [5.41, 5.74) is 1.59. The molecule has 0 bridgehead atoms. The number of benzene rings is 2. The van der Waals surface area contributed by atoms with Gasteiger partial charge in [0, 0.05) is 21.1 Å². The van der Waals surface area contributed by atoms with E-state index in [0.29, 0.717) is 0 Å². The molecule has 1 amide bonds. The van der Waals surface area contributed by atoms with Crippen molar-refractivity contribution in [2.75, 3.05) is 5.32 Å². The molecule has 0 unspecified atom stereocenters. The SMILES string of the molecule is CC/C=C(/C)C(=O)Nc1ccc(Br)c2ccccc12. The molecule has 98 valence electrons. The third-order valence-electron chi connectivity index (χ3n) is 2.99. The molecule has 0 heterocycles. The number of hydrogen-bond acceptors (Lipinski definition) is 1. The van der Waals surface area contributed by atoms with Crippen molar-refractivity contribution in [3.8, 4) is 0 Å². The number of rotatable bonds is 3. The zero-order chi connectivity index (χ0) is 13.8. The molecule has 0 aliphatic heterocycles. The van der Waals surface area contributed by atoms with Crippen LogP contribution in [0.25, 0.3) is 10.8 Å². The summed E-state index contributed by atoms with van der Waals surface area (Å²) in [6.45, 7) is 3.85. The number of halogens is 1. The van der Waals surface area contributed by atoms with Crippen LogP contribution in [0.1, 0.15) is 20.3 Å². The molecule has 3 heteroatoms. The quantitative estimate of drug-likeness (QED) is 0.802. The fourth-order valence-electron chi connectivity index (χ4n) is 1.99. The van der Waals surface area contributed by atoms with Gasteiger partial charge in [0.2, 0.25) is 0 Å². The Kier molecular flexibility index (Phi) is 4.38. The normalized spacial score (nSPS) is 11.6. The van der Waals surface area contributed by atoms with Gasteiger partial charge in [0.1, 0.15) is 0 Å². The second kappa shape index (κ2) is 6.02. The summed E-state index contributed by atoms with van der Waals surface area (Å²) >= 11 is 3.53. The minimum Gasteiger partial charge on any atom is -0.322 e. The van der Waals surface area contributed by atoms with Crippen LogP contribution < -0.4 is 5.32 Å². The van der Waals surface area contributed by atoms with Crippen molar-refractivity contribution >= 4 is 38.3 Å². The molecular formula is C16H16BrNO. The lowest BCUT2D eigenvalue weighted by atomic mass is 10.1. The van der Waals surface area contributed by atoms with Crippen LogP contribution in [0.4, 0.5) is 5.69 Å². The number of carbonyl (C=O) groups excluding carboxylic acids is 1. The topological polar surface area (TPSA) is 29.1 Å². The van der Waals surface area contributed by atoms with Gasteiger partial charge in [0.05, 0.1) is 0 Å². The molecule has 0 aliphatic carbocycles. The molecule has 0 saturated carbocycles. The highest BCUT2D eigenvalue weighted by molar-refractivity contribution is 9.10.